The molecule has 0 aliphatic rings. The standard InChI is InChI=1S/C17H20FN/c1-12-8-13(2)16(17(18)9-12)10-15(11-19)14-6-4-3-5-7-14/h3-9,15H,10-11,19H2,1-2H3. The molecule has 0 radical (unpaired) electrons. The van der Waals surface area contributed by atoms with E-state index >= 15 is 0 Å². The number of halogens is 1. The average molecular weight is 257 g/mol. The number of hydrogen-bond donors (Lipinski definition) is 1. The minimum atomic E-state index is -0.119. The van der Waals surface area contributed by atoms with Gasteiger partial charge < -0.3 is 5.73 Å². The number of benzene rings is 2. The van der Waals surface area contributed by atoms with Crippen LogP contribution in [0.25, 0.3) is 0 Å². The number of rotatable bonds is 4. The third-order valence-corrected chi connectivity index (χ3v) is 3.57. The maximum absolute atomic E-state index is 14.1. The lowest BCUT2D eigenvalue weighted by Gasteiger charge is -2.17. The van der Waals surface area contributed by atoms with E-state index in [4.69, 9.17) is 5.73 Å². The summed E-state index contributed by atoms with van der Waals surface area (Å²) in [5.74, 6) is 0.0454. The van der Waals surface area contributed by atoms with Gasteiger partial charge in [-0.3, -0.25) is 0 Å². The summed E-state index contributed by atoms with van der Waals surface area (Å²) in [6, 6.07) is 13.7. The van der Waals surface area contributed by atoms with Crippen LogP contribution in [0, 0.1) is 19.7 Å². The molecular formula is C17H20FN. The molecule has 2 aromatic carbocycles. The van der Waals surface area contributed by atoms with Gasteiger partial charge in [-0.05, 0) is 55.1 Å². The summed E-state index contributed by atoms with van der Waals surface area (Å²) in [6.45, 7) is 4.40. The lowest BCUT2D eigenvalue weighted by Crippen LogP contribution is -2.16. The second-order valence-electron chi connectivity index (χ2n) is 5.09. The van der Waals surface area contributed by atoms with Crippen molar-refractivity contribution in [1.29, 1.82) is 0 Å². The number of hydrogen-bond acceptors (Lipinski definition) is 1. The van der Waals surface area contributed by atoms with Gasteiger partial charge in [-0.1, -0.05) is 36.4 Å². The van der Waals surface area contributed by atoms with Crippen LogP contribution in [0.5, 0.6) is 0 Å². The molecule has 0 amide bonds. The highest BCUT2D eigenvalue weighted by Gasteiger charge is 2.15. The van der Waals surface area contributed by atoms with Crippen molar-refractivity contribution in [3.05, 3.63) is 70.5 Å². The van der Waals surface area contributed by atoms with E-state index in [0.717, 1.165) is 16.7 Å². The topological polar surface area (TPSA) is 26.0 Å². The van der Waals surface area contributed by atoms with Crippen molar-refractivity contribution in [2.24, 2.45) is 5.73 Å². The predicted molar refractivity (Wildman–Crippen MR) is 77.8 cm³/mol. The van der Waals surface area contributed by atoms with E-state index in [9.17, 15) is 4.39 Å². The lowest BCUT2D eigenvalue weighted by atomic mass is 9.89. The smallest absolute Gasteiger partial charge is 0.126 e. The molecule has 0 saturated carbocycles. The van der Waals surface area contributed by atoms with E-state index in [1.165, 1.54) is 5.56 Å². The predicted octanol–water partition coefficient (Wildman–Crippen LogP) is 3.73. The molecule has 1 unspecified atom stereocenters. The van der Waals surface area contributed by atoms with Crippen LogP contribution < -0.4 is 5.73 Å². The summed E-state index contributed by atoms with van der Waals surface area (Å²) in [6.07, 6.45) is 0.651. The third-order valence-electron chi connectivity index (χ3n) is 3.57. The van der Waals surface area contributed by atoms with Crippen LogP contribution in [0.4, 0.5) is 4.39 Å². The maximum atomic E-state index is 14.1. The Labute approximate surface area is 114 Å². The molecule has 0 aliphatic heterocycles. The van der Waals surface area contributed by atoms with Crippen molar-refractivity contribution >= 4 is 0 Å². The van der Waals surface area contributed by atoms with E-state index in [1.807, 2.05) is 38.1 Å². The van der Waals surface area contributed by atoms with Crippen molar-refractivity contribution in [2.45, 2.75) is 26.2 Å². The molecule has 0 aliphatic carbocycles. The molecule has 0 spiro atoms. The Morgan fingerprint density at radius 3 is 2.37 bits per heavy atom. The first kappa shape index (κ1) is 13.8. The Balaban J connectivity index is 2.29. The van der Waals surface area contributed by atoms with Crippen LogP contribution in [-0.4, -0.2) is 6.54 Å². The van der Waals surface area contributed by atoms with Gasteiger partial charge >= 0.3 is 0 Å². The average Bonchev–Trinajstić information content (AvgIpc) is 2.39. The van der Waals surface area contributed by atoms with Gasteiger partial charge in [0.1, 0.15) is 5.82 Å². The van der Waals surface area contributed by atoms with E-state index in [-0.39, 0.29) is 11.7 Å². The SMILES string of the molecule is Cc1cc(C)c(CC(CN)c2ccccc2)c(F)c1. The second-order valence-corrected chi connectivity index (χ2v) is 5.09. The number of nitrogens with two attached hydrogens (primary N) is 1. The van der Waals surface area contributed by atoms with Gasteiger partial charge in [0.25, 0.3) is 0 Å². The zero-order valence-electron chi connectivity index (χ0n) is 11.5. The van der Waals surface area contributed by atoms with Crippen molar-refractivity contribution in [1.82, 2.24) is 0 Å². The van der Waals surface area contributed by atoms with E-state index in [1.54, 1.807) is 6.07 Å². The molecule has 2 N–H and O–H groups in total. The zero-order chi connectivity index (χ0) is 13.8. The summed E-state index contributed by atoms with van der Waals surface area (Å²) in [7, 11) is 0. The monoisotopic (exact) mass is 257 g/mol. The quantitative estimate of drug-likeness (QED) is 0.887. The van der Waals surface area contributed by atoms with Crippen molar-refractivity contribution in [3.63, 3.8) is 0 Å². The Kier molecular flexibility index (Phi) is 4.33. The maximum Gasteiger partial charge on any atom is 0.126 e. The van der Waals surface area contributed by atoms with Crippen LogP contribution >= 0.6 is 0 Å². The Morgan fingerprint density at radius 2 is 1.79 bits per heavy atom. The summed E-state index contributed by atoms with van der Waals surface area (Å²) in [5.41, 5.74) is 9.78. The third kappa shape index (κ3) is 3.21. The van der Waals surface area contributed by atoms with Crippen LogP contribution in [-0.2, 0) is 6.42 Å². The van der Waals surface area contributed by atoms with E-state index in [0.29, 0.717) is 13.0 Å². The minimum absolute atomic E-state index is 0.119. The molecule has 100 valence electrons. The largest absolute Gasteiger partial charge is 0.330 e. The minimum Gasteiger partial charge on any atom is -0.330 e. The highest BCUT2D eigenvalue weighted by molar-refractivity contribution is 5.34. The lowest BCUT2D eigenvalue weighted by molar-refractivity contribution is 0.587. The first-order valence-corrected chi connectivity index (χ1v) is 6.62. The molecule has 2 aromatic rings. The highest BCUT2D eigenvalue weighted by Crippen LogP contribution is 2.24. The Bertz CT molecular complexity index is 525. The second kappa shape index (κ2) is 5.98. The summed E-state index contributed by atoms with van der Waals surface area (Å²) < 4.78 is 14.1. The van der Waals surface area contributed by atoms with Gasteiger partial charge in [0, 0.05) is 5.92 Å². The van der Waals surface area contributed by atoms with Gasteiger partial charge in [0.15, 0.2) is 0 Å². The van der Waals surface area contributed by atoms with Crippen molar-refractivity contribution in [2.75, 3.05) is 6.54 Å². The van der Waals surface area contributed by atoms with Gasteiger partial charge in [-0.15, -0.1) is 0 Å². The van der Waals surface area contributed by atoms with E-state index < -0.39 is 0 Å². The molecule has 0 fully saturated rings. The summed E-state index contributed by atoms with van der Waals surface area (Å²) in [4.78, 5) is 0. The number of aryl methyl sites for hydroxylation is 2. The molecule has 0 saturated heterocycles. The van der Waals surface area contributed by atoms with Crippen LogP contribution in [0.1, 0.15) is 28.2 Å². The normalized spacial score (nSPS) is 12.4. The molecular weight excluding hydrogens is 237 g/mol. The fourth-order valence-electron chi connectivity index (χ4n) is 2.51. The fourth-order valence-corrected chi connectivity index (χ4v) is 2.51. The Morgan fingerprint density at radius 1 is 1.11 bits per heavy atom. The molecule has 0 bridgehead atoms. The molecule has 1 atom stereocenters. The molecule has 1 nitrogen and oxygen atoms in total. The van der Waals surface area contributed by atoms with Gasteiger partial charge in [-0.25, -0.2) is 4.39 Å². The van der Waals surface area contributed by atoms with Crippen LogP contribution in [0.2, 0.25) is 0 Å². The van der Waals surface area contributed by atoms with Crippen molar-refractivity contribution < 1.29 is 4.39 Å². The van der Waals surface area contributed by atoms with Gasteiger partial charge in [0.05, 0.1) is 0 Å². The first-order chi connectivity index (χ1) is 9.11. The van der Waals surface area contributed by atoms with Crippen LogP contribution in [0.3, 0.4) is 0 Å². The summed E-state index contributed by atoms with van der Waals surface area (Å²) >= 11 is 0. The molecule has 0 heterocycles. The molecule has 2 heteroatoms. The first-order valence-electron chi connectivity index (χ1n) is 6.62. The fraction of sp³-hybridized carbons (Fsp3) is 0.294. The zero-order valence-corrected chi connectivity index (χ0v) is 11.5. The molecule has 0 aromatic heterocycles. The summed E-state index contributed by atoms with van der Waals surface area (Å²) in [5, 5.41) is 0. The highest BCUT2D eigenvalue weighted by atomic mass is 19.1. The van der Waals surface area contributed by atoms with Crippen molar-refractivity contribution in [3.8, 4) is 0 Å². The molecule has 2 rings (SSSR count). The Hall–Kier alpha value is -1.67. The van der Waals surface area contributed by atoms with Crippen LogP contribution in [0.15, 0.2) is 42.5 Å². The molecule has 19 heavy (non-hydrogen) atoms. The van der Waals surface area contributed by atoms with E-state index in [2.05, 4.69) is 12.1 Å². The van der Waals surface area contributed by atoms with Gasteiger partial charge in [0.2, 0.25) is 0 Å². The van der Waals surface area contributed by atoms with Gasteiger partial charge in [-0.2, -0.15) is 0 Å².